The fourth-order valence-corrected chi connectivity index (χ4v) is 4.67. The van der Waals surface area contributed by atoms with Crippen molar-refractivity contribution in [3.8, 4) is 5.75 Å². The molecule has 1 amide bonds. The van der Waals surface area contributed by atoms with Gasteiger partial charge in [-0.05, 0) is 37.3 Å². The fraction of sp³-hybridized carbons (Fsp3) is 0.316. The normalized spacial score (nSPS) is 16.1. The smallest absolute Gasteiger partial charge is 0.270 e. The number of ether oxygens (including phenoxy) is 1. The molecule has 160 valence electrons. The predicted molar refractivity (Wildman–Crippen MR) is 110 cm³/mol. The van der Waals surface area contributed by atoms with Crippen molar-refractivity contribution in [1.82, 2.24) is 9.21 Å². The highest BCUT2D eigenvalue weighted by molar-refractivity contribution is 7.89. The van der Waals surface area contributed by atoms with E-state index in [-0.39, 0.29) is 42.7 Å². The van der Waals surface area contributed by atoms with E-state index in [2.05, 4.69) is 0 Å². The Kier molecular flexibility index (Phi) is 6.59. The first-order chi connectivity index (χ1) is 14.2. The second-order valence-electron chi connectivity index (χ2n) is 6.70. The topological polar surface area (TPSA) is 110 Å². The third-order valence-electron chi connectivity index (χ3n) is 4.69. The number of nitro benzene ring substituents is 1. The summed E-state index contributed by atoms with van der Waals surface area (Å²) in [6, 6.07) is 11.6. The minimum absolute atomic E-state index is 0.0877. The molecule has 0 N–H and O–H groups in total. The van der Waals surface area contributed by atoms with E-state index in [1.165, 1.54) is 22.5 Å². The first-order valence-electron chi connectivity index (χ1n) is 9.14. The molecule has 3 rings (SSSR count). The first-order valence-corrected chi connectivity index (χ1v) is 11.0. The van der Waals surface area contributed by atoms with Gasteiger partial charge in [-0.25, -0.2) is 8.42 Å². The van der Waals surface area contributed by atoms with Gasteiger partial charge in [0, 0.05) is 43.3 Å². The Balaban J connectivity index is 1.62. The summed E-state index contributed by atoms with van der Waals surface area (Å²) in [5.74, 6) is 0.254. The molecule has 2 aromatic rings. The van der Waals surface area contributed by atoms with E-state index in [0.717, 1.165) is 6.07 Å². The monoisotopic (exact) mass is 453 g/mol. The molecule has 1 heterocycles. The van der Waals surface area contributed by atoms with E-state index >= 15 is 0 Å². The number of amides is 1. The molecular weight excluding hydrogens is 434 g/mol. The molecule has 11 heteroatoms. The van der Waals surface area contributed by atoms with Crippen LogP contribution in [-0.2, 0) is 14.8 Å². The summed E-state index contributed by atoms with van der Waals surface area (Å²) in [5.41, 5.74) is -0.293. The number of nitrogens with zero attached hydrogens (tertiary/aromatic N) is 3. The van der Waals surface area contributed by atoms with Crippen molar-refractivity contribution in [3.05, 3.63) is 63.7 Å². The van der Waals surface area contributed by atoms with E-state index in [0.29, 0.717) is 10.8 Å². The number of halogens is 1. The lowest BCUT2D eigenvalue weighted by Gasteiger charge is -2.35. The summed E-state index contributed by atoms with van der Waals surface area (Å²) in [6.45, 7) is 2.20. The summed E-state index contributed by atoms with van der Waals surface area (Å²) in [4.78, 5) is 24.3. The van der Waals surface area contributed by atoms with Gasteiger partial charge < -0.3 is 9.64 Å². The third-order valence-corrected chi connectivity index (χ3v) is 6.84. The van der Waals surface area contributed by atoms with Crippen LogP contribution < -0.4 is 4.74 Å². The van der Waals surface area contributed by atoms with Gasteiger partial charge in [0.15, 0.2) is 6.10 Å². The van der Waals surface area contributed by atoms with Crippen LogP contribution in [0, 0.1) is 10.1 Å². The molecule has 1 aliphatic heterocycles. The SMILES string of the molecule is CC(Oc1ccc(Cl)cc1)C(=O)N1CCN(S(=O)(=O)c2cccc([N+](=O)[O-])c2)CC1. The molecule has 1 saturated heterocycles. The van der Waals surface area contributed by atoms with Crippen molar-refractivity contribution in [2.45, 2.75) is 17.9 Å². The Morgan fingerprint density at radius 2 is 1.77 bits per heavy atom. The number of rotatable bonds is 6. The van der Waals surface area contributed by atoms with Crippen molar-refractivity contribution >= 4 is 33.2 Å². The fourth-order valence-electron chi connectivity index (χ4n) is 3.08. The molecule has 0 radical (unpaired) electrons. The molecule has 0 aliphatic carbocycles. The molecule has 0 saturated carbocycles. The van der Waals surface area contributed by atoms with E-state index < -0.39 is 21.1 Å². The molecular formula is C19H20ClN3O6S. The Hall–Kier alpha value is -2.69. The van der Waals surface area contributed by atoms with Crippen LogP contribution in [0.3, 0.4) is 0 Å². The minimum Gasteiger partial charge on any atom is -0.481 e. The Labute approximate surface area is 179 Å². The van der Waals surface area contributed by atoms with Crippen molar-refractivity contribution in [2.24, 2.45) is 0 Å². The van der Waals surface area contributed by atoms with Crippen LogP contribution in [0.25, 0.3) is 0 Å². The number of hydrogen-bond donors (Lipinski definition) is 0. The predicted octanol–water partition coefficient (Wildman–Crippen LogP) is 2.55. The van der Waals surface area contributed by atoms with E-state index in [1.54, 1.807) is 36.1 Å². The highest BCUT2D eigenvalue weighted by Crippen LogP contribution is 2.23. The zero-order valence-corrected chi connectivity index (χ0v) is 17.7. The first kappa shape index (κ1) is 22.0. The summed E-state index contributed by atoms with van der Waals surface area (Å²) >= 11 is 5.83. The average molecular weight is 454 g/mol. The van der Waals surface area contributed by atoms with Crippen LogP contribution in [0.2, 0.25) is 5.02 Å². The van der Waals surface area contributed by atoms with Crippen molar-refractivity contribution < 1.29 is 22.9 Å². The zero-order valence-electron chi connectivity index (χ0n) is 16.1. The van der Waals surface area contributed by atoms with Crippen LogP contribution in [0.15, 0.2) is 53.4 Å². The van der Waals surface area contributed by atoms with Crippen LogP contribution >= 0.6 is 11.6 Å². The lowest BCUT2D eigenvalue weighted by Crippen LogP contribution is -2.53. The molecule has 9 nitrogen and oxygen atoms in total. The van der Waals surface area contributed by atoms with E-state index in [4.69, 9.17) is 16.3 Å². The highest BCUT2D eigenvalue weighted by atomic mass is 35.5. The second-order valence-corrected chi connectivity index (χ2v) is 9.07. The van der Waals surface area contributed by atoms with Crippen LogP contribution in [0.4, 0.5) is 5.69 Å². The van der Waals surface area contributed by atoms with Gasteiger partial charge in [0.2, 0.25) is 10.0 Å². The average Bonchev–Trinajstić information content (AvgIpc) is 2.75. The number of benzene rings is 2. The van der Waals surface area contributed by atoms with Gasteiger partial charge in [0.25, 0.3) is 11.6 Å². The van der Waals surface area contributed by atoms with E-state index in [1.807, 2.05) is 0 Å². The van der Waals surface area contributed by atoms with Crippen LogP contribution in [0.5, 0.6) is 5.75 Å². The second kappa shape index (κ2) is 8.99. The van der Waals surface area contributed by atoms with Gasteiger partial charge in [0.05, 0.1) is 9.82 Å². The molecule has 1 atom stereocenters. The number of non-ortho nitro benzene ring substituents is 1. The van der Waals surface area contributed by atoms with Crippen molar-refractivity contribution in [3.63, 3.8) is 0 Å². The molecule has 0 spiro atoms. The number of piperazine rings is 1. The number of hydrogen-bond acceptors (Lipinski definition) is 6. The van der Waals surface area contributed by atoms with Gasteiger partial charge in [-0.1, -0.05) is 17.7 Å². The summed E-state index contributed by atoms with van der Waals surface area (Å²) in [5, 5.41) is 11.5. The zero-order chi connectivity index (χ0) is 21.9. The van der Waals surface area contributed by atoms with E-state index in [9.17, 15) is 23.3 Å². The maximum Gasteiger partial charge on any atom is 0.270 e. The van der Waals surface area contributed by atoms with Gasteiger partial charge >= 0.3 is 0 Å². The summed E-state index contributed by atoms with van der Waals surface area (Å²) < 4.78 is 32.5. The lowest BCUT2D eigenvalue weighted by molar-refractivity contribution is -0.385. The van der Waals surface area contributed by atoms with Crippen LogP contribution in [-0.4, -0.2) is 60.7 Å². The largest absolute Gasteiger partial charge is 0.481 e. The Bertz CT molecular complexity index is 1040. The molecule has 30 heavy (non-hydrogen) atoms. The van der Waals surface area contributed by atoms with Crippen molar-refractivity contribution in [1.29, 1.82) is 0 Å². The molecule has 1 unspecified atom stereocenters. The Morgan fingerprint density at radius 1 is 1.13 bits per heavy atom. The quantitative estimate of drug-likeness (QED) is 0.491. The van der Waals surface area contributed by atoms with Crippen LogP contribution in [0.1, 0.15) is 6.92 Å². The number of carbonyl (C=O) groups excluding carboxylic acids is 1. The number of nitro groups is 1. The van der Waals surface area contributed by atoms with Crippen molar-refractivity contribution in [2.75, 3.05) is 26.2 Å². The maximum atomic E-state index is 12.8. The molecule has 2 aromatic carbocycles. The lowest BCUT2D eigenvalue weighted by atomic mass is 10.2. The van der Waals surface area contributed by atoms with Gasteiger partial charge in [-0.15, -0.1) is 0 Å². The molecule has 1 aliphatic rings. The Morgan fingerprint density at radius 3 is 2.37 bits per heavy atom. The molecule has 0 aromatic heterocycles. The highest BCUT2D eigenvalue weighted by Gasteiger charge is 2.32. The molecule has 0 bridgehead atoms. The third kappa shape index (κ3) is 4.89. The van der Waals surface area contributed by atoms with Gasteiger partial charge in [-0.3, -0.25) is 14.9 Å². The van der Waals surface area contributed by atoms with Gasteiger partial charge in [-0.2, -0.15) is 4.31 Å². The maximum absolute atomic E-state index is 12.8. The van der Waals surface area contributed by atoms with Gasteiger partial charge in [0.1, 0.15) is 5.75 Å². The molecule has 1 fully saturated rings. The number of carbonyl (C=O) groups is 1. The standard InChI is InChI=1S/C19H20ClN3O6S/c1-14(29-17-7-5-15(20)6-8-17)19(24)21-9-11-22(12-10-21)30(27,28)18-4-2-3-16(13-18)23(25)26/h2-8,13-14H,9-12H2,1H3. The summed E-state index contributed by atoms with van der Waals surface area (Å²) in [7, 11) is -3.89. The minimum atomic E-state index is -3.89. The number of sulfonamides is 1. The summed E-state index contributed by atoms with van der Waals surface area (Å²) in [6.07, 6.45) is -0.744.